The Morgan fingerprint density at radius 2 is 2.08 bits per heavy atom. The predicted octanol–water partition coefficient (Wildman–Crippen LogP) is 2.16. The first-order valence-electron chi connectivity index (χ1n) is 3.38. The molecule has 0 aliphatic heterocycles. The molecule has 0 saturated heterocycles. The average Bonchev–Trinajstić information content (AvgIpc) is 2.30. The quantitative estimate of drug-likeness (QED) is 0.812. The van der Waals surface area contributed by atoms with Gasteiger partial charge in [0.2, 0.25) is 0 Å². The van der Waals surface area contributed by atoms with Crippen LogP contribution in [0.25, 0.3) is 0 Å². The molecule has 2 N–H and O–H groups in total. The molecular weight excluding hydrogens is 236 g/mol. The molecule has 0 aliphatic carbocycles. The Morgan fingerprint density at radius 3 is 2.31 bits per heavy atom. The second-order valence-corrected chi connectivity index (χ2v) is 4.34. The number of nitrogens with two attached hydrogens (primary N) is 1. The summed E-state index contributed by atoms with van der Waals surface area (Å²) in [6.07, 6.45) is 0. The molecule has 0 amide bonds. The summed E-state index contributed by atoms with van der Waals surface area (Å²) in [5.74, 6) is 0.565. The van der Waals surface area contributed by atoms with Crippen molar-refractivity contribution in [3.63, 3.8) is 0 Å². The van der Waals surface area contributed by atoms with Crippen molar-refractivity contribution in [3.05, 3.63) is 11.7 Å². The normalized spacial score (nSPS) is 13.6. The molecule has 4 nitrogen and oxygen atoms in total. The summed E-state index contributed by atoms with van der Waals surface area (Å²) in [6.45, 7) is 3.29. The van der Waals surface area contributed by atoms with Crippen molar-refractivity contribution in [1.29, 1.82) is 0 Å². The van der Waals surface area contributed by atoms with Crippen molar-refractivity contribution in [2.24, 2.45) is 5.73 Å². The molecule has 1 atom stereocenters. The highest BCUT2D eigenvalue weighted by Gasteiger charge is 2.27. The van der Waals surface area contributed by atoms with Crippen LogP contribution in [-0.2, 0) is 4.33 Å². The maximum Gasteiger partial charge on any atom is 0.262 e. The van der Waals surface area contributed by atoms with Crippen LogP contribution in [0.4, 0.5) is 0 Å². The van der Waals surface area contributed by atoms with Gasteiger partial charge in [0.15, 0.2) is 10.2 Å². The fourth-order valence-electron chi connectivity index (χ4n) is 0.598. The topological polar surface area (TPSA) is 64.9 Å². The first kappa shape index (κ1) is 13.0. The zero-order valence-corrected chi connectivity index (χ0v) is 9.45. The van der Waals surface area contributed by atoms with Gasteiger partial charge in [0.25, 0.3) is 5.89 Å². The number of alkyl halides is 2. The summed E-state index contributed by atoms with van der Waals surface area (Å²) in [7, 11) is 0. The molecule has 0 bridgehead atoms. The van der Waals surface area contributed by atoms with Gasteiger partial charge in [-0.1, -0.05) is 28.4 Å². The standard InChI is InChI=1S/C6H9Cl2N3O.ClH/c1-3(9)4-10-5(12-11-4)6(2,7)8;/h3H,9H2,1-2H3;1H. The van der Waals surface area contributed by atoms with E-state index >= 15 is 0 Å². The number of hydrogen-bond acceptors (Lipinski definition) is 4. The molecule has 1 aromatic rings. The Hall–Kier alpha value is -0.0300. The Labute approximate surface area is 92.2 Å². The van der Waals surface area contributed by atoms with Crippen molar-refractivity contribution in [3.8, 4) is 0 Å². The van der Waals surface area contributed by atoms with Gasteiger partial charge in [-0.05, 0) is 13.8 Å². The van der Waals surface area contributed by atoms with Gasteiger partial charge in [-0.25, -0.2) is 0 Å². The van der Waals surface area contributed by atoms with E-state index in [-0.39, 0.29) is 24.3 Å². The number of aromatic nitrogens is 2. The molecule has 0 radical (unpaired) electrons. The smallest absolute Gasteiger partial charge is 0.262 e. The van der Waals surface area contributed by atoms with Crippen LogP contribution in [-0.4, -0.2) is 10.1 Å². The van der Waals surface area contributed by atoms with E-state index in [1.54, 1.807) is 13.8 Å². The minimum atomic E-state index is -1.15. The van der Waals surface area contributed by atoms with Gasteiger partial charge in [0.05, 0.1) is 6.04 Å². The lowest BCUT2D eigenvalue weighted by atomic mass is 10.3. The maximum absolute atomic E-state index is 5.70. The van der Waals surface area contributed by atoms with Crippen molar-refractivity contribution in [2.75, 3.05) is 0 Å². The second-order valence-electron chi connectivity index (χ2n) is 2.63. The van der Waals surface area contributed by atoms with Gasteiger partial charge in [0.1, 0.15) is 0 Å². The number of rotatable bonds is 2. The van der Waals surface area contributed by atoms with Gasteiger partial charge in [0, 0.05) is 0 Å². The van der Waals surface area contributed by atoms with Crippen molar-refractivity contribution >= 4 is 35.6 Å². The van der Waals surface area contributed by atoms with Crippen LogP contribution in [0.15, 0.2) is 4.52 Å². The van der Waals surface area contributed by atoms with E-state index in [1.807, 2.05) is 0 Å². The summed E-state index contributed by atoms with van der Waals surface area (Å²) in [5.41, 5.74) is 5.50. The monoisotopic (exact) mass is 245 g/mol. The molecule has 0 aromatic carbocycles. The fraction of sp³-hybridized carbons (Fsp3) is 0.667. The highest BCUT2D eigenvalue weighted by molar-refractivity contribution is 6.47. The summed E-state index contributed by atoms with van der Waals surface area (Å²) in [5, 5.41) is 3.60. The van der Waals surface area contributed by atoms with Crippen LogP contribution in [0.3, 0.4) is 0 Å². The number of halogens is 3. The summed E-state index contributed by atoms with van der Waals surface area (Å²) in [6, 6.07) is -0.279. The molecule has 1 unspecified atom stereocenters. The average molecular weight is 247 g/mol. The van der Waals surface area contributed by atoms with Gasteiger partial charge in [-0.15, -0.1) is 12.4 Å². The molecule has 13 heavy (non-hydrogen) atoms. The van der Waals surface area contributed by atoms with E-state index in [4.69, 9.17) is 33.5 Å². The molecule has 1 rings (SSSR count). The lowest BCUT2D eigenvalue weighted by Gasteiger charge is -2.04. The van der Waals surface area contributed by atoms with Crippen LogP contribution in [0.1, 0.15) is 31.6 Å². The van der Waals surface area contributed by atoms with E-state index in [1.165, 1.54) is 0 Å². The lowest BCUT2D eigenvalue weighted by Crippen LogP contribution is -2.08. The molecule has 0 fully saturated rings. The van der Waals surface area contributed by atoms with Crippen LogP contribution in [0.5, 0.6) is 0 Å². The largest absolute Gasteiger partial charge is 0.336 e. The third kappa shape index (κ3) is 3.31. The van der Waals surface area contributed by atoms with E-state index < -0.39 is 4.33 Å². The minimum absolute atomic E-state index is 0. The molecule has 7 heteroatoms. The Morgan fingerprint density at radius 1 is 1.54 bits per heavy atom. The summed E-state index contributed by atoms with van der Waals surface area (Å²) >= 11 is 11.4. The molecule has 0 aliphatic rings. The molecule has 1 aromatic heterocycles. The molecular formula is C6H10Cl3N3O. The van der Waals surface area contributed by atoms with E-state index in [2.05, 4.69) is 10.1 Å². The molecule has 1 heterocycles. The minimum Gasteiger partial charge on any atom is -0.336 e. The highest BCUT2D eigenvalue weighted by atomic mass is 35.5. The zero-order valence-electron chi connectivity index (χ0n) is 7.12. The lowest BCUT2D eigenvalue weighted by molar-refractivity contribution is 0.363. The van der Waals surface area contributed by atoms with Gasteiger partial charge in [-0.2, -0.15) is 4.98 Å². The van der Waals surface area contributed by atoms with Crippen molar-refractivity contribution in [1.82, 2.24) is 10.1 Å². The maximum atomic E-state index is 5.70. The van der Waals surface area contributed by atoms with Crippen LogP contribution in [0.2, 0.25) is 0 Å². The summed E-state index contributed by atoms with van der Waals surface area (Å²) < 4.78 is 3.63. The highest BCUT2D eigenvalue weighted by Crippen LogP contribution is 2.31. The third-order valence-electron chi connectivity index (χ3n) is 1.22. The van der Waals surface area contributed by atoms with Crippen LogP contribution in [0, 0.1) is 0 Å². The summed E-state index contributed by atoms with van der Waals surface area (Å²) in [4.78, 5) is 3.91. The number of hydrogen-bond donors (Lipinski definition) is 1. The van der Waals surface area contributed by atoms with E-state index in [0.717, 1.165) is 0 Å². The second kappa shape index (κ2) is 4.46. The molecule has 0 spiro atoms. The van der Waals surface area contributed by atoms with Gasteiger partial charge < -0.3 is 10.3 Å². The van der Waals surface area contributed by atoms with Gasteiger partial charge >= 0.3 is 0 Å². The predicted molar refractivity (Wildman–Crippen MR) is 53.2 cm³/mol. The zero-order chi connectivity index (χ0) is 9.35. The van der Waals surface area contributed by atoms with Gasteiger partial charge in [-0.3, -0.25) is 0 Å². The van der Waals surface area contributed by atoms with Crippen LogP contribution >= 0.6 is 35.6 Å². The number of nitrogens with zero attached hydrogens (tertiary/aromatic N) is 2. The fourth-order valence-corrected chi connectivity index (χ4v) is 0.752. The van der Waals surface area contributed by atoms with Crippen LogP contribution < -0.4 is 5.73 Å². The Balaban J connectivity index is 0.00000144. The van der Waals surface area contributed by atoms with E-state index in [9.17, 15) is 0 Å². The Bertz CT molecular complexity index is 268. The first-order valence-corrected chi connectivity index (χ1v) is 4.14. The van der Waals surface area contributed by atoms with Crippen molar-refractivity contribution in [2.45, 2.75) is 24.2 Å². The SMILES string of the molecule is CC(N)c1noc(C(C)(Cl)Cl)n1.Cl. The van der Waals surface area contributed by atoms with Crippen molar-refractivity contribution < 1.29 is 4.52 Å². The molecule has 0 saturated carbocycles. The first-order chi connectivity index (χ1) is 5.41. The van der Waals surface area contributed by atoms with E-state index in [0.29, 0.717) is 5.82 Å². The molecule has 76 valence electrons. The Kier molecular flexibility index (Phi) is 4.45. The third-order valence-corrected chi connectivity index (χ3v) is 1.55.